The summed E-state index contributed by atoms with van der Waals surface area (Å²) in [6.07, 6.45) is 1.54. The number of benzene rings is 1. The zero-order valence-electron chi connectivity index (χ0n) is 14.1. The van der Waals surface area contributed by atoms with Crippen LogP contribution in [0.3, 0.4) is 0 Å². The van der Waals surface area contributed by atoms with Gasteiger partial charge >= 0.3 is 0 Å². The first-order chi connectivity index (χ1) is 11.7. The highest BCUT2D eigenvalue weighted by molar-refractivity contribution is 7.09. The summed E-state index contributed by atoms with van der Waals surface area (Å²) in [6.45, 7) is 0.764. The zero-order valence-corrected chi connectivity index (χ0v) is 14.9. The Morgan fingerprint density at radius 2 is 1.88 bits per heavy atom. The number of anilines is 1. The second-order valence-corrected chi connectivity index (χ2v) is 6.21. The number of aromatic nitrogens is 2. The third-order valence-corrected chi connectivity index (χ3v) is 4.61. The summed E-state index contributed by atoms with van der Waals surface area (Å²) in [4.78, 5) is 12.2. The quantitative estimate of drug-likeness (QED) is 0.683. The van der Waals surface area contributed by atoms with Gasteiger partial charge in [-0.2, -0.15) is 0 Å². The Hall–Kier alpha value is -2.54. The molecule has 0 saturated heterocycles. The van der Waals surface area contributed by atoms with Gasteiger partial charge in [0.15, 0.2) is 11.5 Å². The number of hydrogen-bond donors (Lipinski definition) is 0. The Morgan fingerprint density at radius 1 is 1.08 bits per heavy atom. The number of methoxy groups -OCH3 is 3. The van der Waals surface area contributed by atoms with Gasteiger partial charge in [-0.05, 0) is 17.5 Å². The fourth-order valence-electron chi connectivity index (χ4n) is 2.67. The minimum atomic E-state index is 0.526. The highest BCUT2D eigenvalue weighted by Gasteiger charge is 2.20. The van der Waals surface area contributed by atoms with Crippen LogP contribution in [0, 0.1) is 0 Å². The van der Waals surface area contributed by atoms with Crippen LogP contribution < -0.4 is 19.1 Å². The van der Waals surface area contributed by atoms with E-state index in [1.165, 1.54) is 11.2 Å². The predicted octanol–water partition coefficient (Wildman–Crippen LogP) is 3.35. The molecule has 3 rings (SSSR count). The molecule has 0 spiro atoms. The molecule has 0 atom stereocenters. The fraction of sp³-hybridized carbons (Fsp3) is 0.294. The Morgan fingerprint density at radius 3 is 2.50 bits per heavy atom. The van der Waals surface area contributed by atoms with Gasteiger partial charge in [0.2, 0.25) is 5.75 Å². The number of rotatable bonds is 6. The molecular weight excluding hydrogens is 326 g/mol. The van der Waals surface area contributed by atoms with E-state index in [9.17, 15) is 0 Å². The molecule has 24 heavy (non-hydrogen) atoms. The largest absolute Gasteiger partial charge is 0.493 e. The molecule has 0 amide bonds. The summed E-state index contributed by atoms with van der Waals surface area (Å²) in [7, 11) is 6.78. The standard InChI is InChI=1S/C17H19N3O3S/c1-20(9-11-6-5-7-24-11)17-12-8-13(21-2)15(22-3)16(23-4)14(12)18-10-19-17/h5-8,10H,9H2,1-4H3. The lowest BCUT2D eigenvalue weighted by atomic mass is 10.1. The topological polar surface area (TPSA) is 56.7 Å². The van der Waals surface area contributed by atoms with E-state index >= 15 is 0 Å². The lowest BCUT2D eigenvalue weighted by Gasteiger charge is -2.21. The van der Waals surface area contributed by atoms with Gasteiger partial charge in [-0.25, -0.2) is 9.97 Å². The summed E-state index contributed by atoms with van der Waals surface area (Å²) in [5, 5.41) is 2.92. The Balaban J connectivity index is 2.15. The molecule has 7 heteroatoms. The van der Waals surface area contributed by atoms with Crippen LogP contribution in [0.2, 0.25) is 0 Å². The van der Waals surface area contributed by atoms with Crippen LogP contribution in [-0.4, -0.2) is 38.3 Å². The van der Waals surface area contributed by atoms with E-state index in [1.54, 1.807) is 32.7 Å². The molecule has 2 heterocycles. The van der Waals surface area contributed by atoms with Gasteiger partial charge in [0, 0.05) is 11.9 Å². The molecule has 1 aromatic carbocycles. The molecule has 3 aromatic rings. The van der Waals surface area contributed by atoms with Gasteiger partial charge in [-0.1, -0.05) is 6.07 Å². The van der Waals surface area contributed by atoms with E-state index in [1.807, 2.05) is 19.2 Å². The average molecular weight is 345 g/mol. The second kappa shape index (κ2) is 6.92. The molecule has 0 radical (unpaired) electrons. The molecule has 6 nitrogen and oxygen atoms in total. The first-order valence-electron chi connectivity index (χ1n) is 7.36. The van der Waals surface area contributed by atoms with Crippen molar-refractivity contribution in [2.24, 2.45) is 0 Å². The van der Waals surface area contributed by atoms with Crippen LogP contribution in [0.15, 0.2) is 29.9 Å². The minimum absolute atomic E-state index is 0.526. The van der Waals surface area contributed by atoms with Gasteiger partial charge < -0.3 is 19.1 Å². The predicted molar refractivity (Wildman–Crippen MR) is 95.6 cm³/mol. The lowest BCUT2D eigenvalue weighted by Crippen LogP contribution is -2.17. The van der Waals surface area contributed by atoms with Crippen molar-refractivity contribution in [1.82, 2.24) is 9.97 Å². The normalized spacial score (nSPS) is 10.7. The van der Waals surface area contributed by atoms with E-state index in [0.717, 1.165) is 17.7 Å². The van der Waals surface area contributed by atoms with Crippen molar-refractivity contribution >= 4 is 28.1 Å². The average Bonchev–Trinajstić information content (AvgIpc) is 3.12. The van der Waals surface area contributed by atoms with Gasteiger partial charge in [-0.15, -0.1) is 11.3 Å². The maximum absolute atomic E-state index is 5.52. The van der Waals surface area contributed by atoms with Gasteiger partial charge in [0.25, 0.3) is 0 Å². The molecule has 0 aliphatic carbocycles. The number of hydrogen-bond acceptors (Lipinski definition) is 7. The van der Waals surface area contributed by atoms with Crippen LogP contribution >= 0.6 is 11.3 Å². The third-order valence-electron chi connectivity index (χ3n) is 3.75. The number of thiophene rings is 1. The van der Waals surface area contributed by atoms with E-state index in [0.29, 0.717) is 22.8 Å². The summed E-state index contributed by atoms with van der Waals surface area (Å²) in [5.74, 6) is 2.47. The van der Waals surface area contributed by atoms with Gasteiger partial charge in [-0.3, -0.25) is 0 Å². The summed E-state index contributed by atoms with van der Waals surface area (Å²) in [6, 6.07) is 6.04. The van der Waals surface area contributed by atoms with Crippen molar-refractivity contribution in [1.29, 1.82) is 0 Å². The first kappa shape index (κ1) is 16.3. The molecular formula is C17H19N3O3S. The van der Waals surface area contributed by atoms with Crippen LogP contribution in [-0.2, 0) is 6.54 Å². The van der Waals surface area contributed by atoms with Crippen LogP contribution in [0.1, 0.15) is 4.88 Å². The Labute approximate surface area is 144 Å². The van der Waals surface area contributed by atoms with Crippen molar-refractivity contribution in [2.75, 3.05) is 33.3 Å². The molecule has 2 aromatic heterocycles. The lowest BCUT2D eigenvalue weighted by molar-refractivity contribution is 0.327. The van der Waals surface area contributed by atoms with Gasteiger partial charge in [0.05, 0.1) is 33.3 Å². The monoisotopic (exact) mass is 345 g/mol. The van der Waals surface area contributed by atoms with E-state index in [2.05, 4.69) is 26.3 Å². The highest BCUT2D eigenvalue weighted by atomic mass is 32.1. The van der Waals surface area contributed by atoms with E-state index in [-0.39, 0.29) is 0 Å². The Bertz CT molecular complexity index is 837. The first-order valence-corrected chi connectivity index (χ1v) is 8.24. The van der Waals surface area contributed by atoms with Crippen LogP contribution in [0.25, 0.3) is 10.9 Å². The number of nitrogens with zero attached hydrogens (tertiary/aromatic N) is 3. The molecule has 126 valence electrons. The van der Waals surface area contributed by atoms with Crippen molar-refractivity contribution in [3.05, 3.63) is 34.8 Å². The van der Waals surface area contributed by atoms with Gasteiger partial charge in [0.1, 0.15) is 17.7 Å². The summed E-state index contributed by atoms with van der Waals surface area (Å²) in [5.41, 5.74) is 0.693. The Kier molecular flexibility index (Phi) is 4.71. The fourth-order valence-corrected chi connectivity index (χ4v) is 3.42. The molecule has 0 aliphatic rings. The smallest absolute Gasteiger partial charge is 0.205 e. The molecule has 0 N–H and O–H groups in total. The molecule has 0 saturated carbocycles. The molecule has 0 bridgehead atoms. The van der Waals surface area contributed by atoms with E-state index < -0.39 is 0 Å². The third kappa shape index (κ3) is 2.82. The number of ether oxygens (including phenoxy) is 3. The minimum Gasteiger partial charge on any atom is -0.493 e. The maximum Gasteiger partial charge on any atom is 0.205 e. The number of fused-ring (bicyclic) bond motifs is 1. The van der Waals surface area contributed by atoms with E-state index in [4.69, 9.17) is 14.2 Å². The van der Waals surface area contributed by atoms with Crippen molar-refractivity contribution in [3.8, 4) is 17.2 Å². The molecule has 0 aliphatic heterocycles. The highest BCUT2D eigenvalue weighted by Crippen LogP contribution is 2.44. The SMILES string of the molecule is COc1cc2c(N(C)Cc3cccs3)ncnc2c(OC)c1OC. The van der Waals surface area contributed by atoms with Crippen LogP contribution in [0.4, 0.5) is 5.82 Å². The zero-order chi connectivity index (χ0) is 17.1. The second-order valence-electron chi connectivity index (χ2n) is 5.17. The van der Waals surface area contributed by atoms with Crippen LogP contribution in [0.5, 0.6) is 17.2 Å². The summed E-state index contributed by atoms with van der Waals surface area (Å²) >= 11 is 1.72. The molecule has 0 unspecified atom stereocenters. The maximum atomic E-state index is 5.52. The van der Waals surface area contributed by atoms with Crippen molar-refractivity contribution in [3.63, 3.8) is 0 Å². The van der Waals surface area contributed by atoms with Crippen molar-refractivity contribution < 1.29 is 14.2 Å². The summed E-state index contributed by atoms with van der Waals surface area (Å²) < 4.78 is 16.4. The molecule has 0 fully saturated rings. The van der Waals surface area contributed by atoms with Crippen molar-refractivity contribution in [2.45, 2.75) is 6.54 Å².